The van der Waals surface area contributed by atoms with Crippen LogP contribution in [-0.2, 0) is 23.2 Å². The van der Waals surface area contributed by atoms with Gasteiger partial charge in [0.1, 0.15) is 5.76 Å². The molecule has 2 N–H and O–H groups in total. The van der Waals surface area contributed by atoms with Crippen molar-refractivity contribution < 1.29 is 19.1 Å². The maximum atomic E-state index is 12.4. The summed E-state index contributed by atoms with van der Waals surface area (Å²) in [6.45, 7) is 0.223. The van der Waals surface area contributed by atoms with Crippen LogP contribution >= 0.6 is 0 Å². The number of aromatic carboxylic acids is 1. The van der Waals surface area contributed by atoms with Gasteiger partial charge in [-0.15, -0.1) is 0 Å². The van der Waals surface area contributed by atoms with Crippen LogP contribution in [0, 0.1) is 5.92 Å². The summed E-state index contributed by atoms with van der Waals surface area (Å²) < 4.78 is 5.15. The lowest BCUT2D eigenvalue weighted by molar-refractivity contribution is -0.123. The van der Waals surface area contributed by atoms with E-state index < -0.39 is 5.97 Å². The highest BCUT2D eigenvalue weighted by atomic mass is 16.4. The monoisotopic (exact) mass is 311 g/mol. The Morgan fingerprint density at radius 3 is 2.87 bits per heavy atom. The molecule has 2 aromatic rings. The molecule has 1 saturated carbocycles. The first kappa shape index (κ1) is 14.1. The predicted octanol–water partition coefficient (Wildman–Crippen LogP) is 2.50. The highest BCUT2D eigenvalue weighted by Gasteiger charge is 2.61. The fourth-order valence-corrected chi connectivity index (χ4v) is 3.82. The quantitative estimate of drug-likeness (QED) is 0.909. The van der Waals surface area contributed by atoms with Crippen LogP contribution in [0.4, 0.5) is 0 Å². The number of aryl methyl sites for hydroxylation is 1. The SMILES string of the molecule is O=C(O)c1ccc(CNC(=O)C2CC23CCc2ccccc23)o1. The molecular weight excluding hydrogens is 294 g/mol. The Kier molecular flexibility index (Phi) is 3.04. The average Bonchev–Trinajstić information content (AvgIpc) is 2.91. The number of carboxylic acid groups (broad SMARTS) is 1. The molecule has 1 heterocycles. The van der Waals surface area contributed by atoms with E-state index in [0.717, 1.165) is 19.3 Å². The zero-order valence-corrected chi connectivity index (χ0v) is 12.5. The van der Waals surface area contributed by atoms with Gasteiger partial charge >= 0.3 is 5.97 Å². The fraction of sp³-hybridized carbons (Fsp3) is 0.333. The van der Waals surface area contributed by atoms with E-state index in [1.807, 2.05) is 12.1 Å². The number of rotatable bonds is 4. The van der Waals surface area contributed by atoms with Crippen molar-refractivity contribution in [1.29, 1.82) is 0 Å². The summed E-state index contributed by atoms with van der Waals surface area (Å²) in [4.78, 5) is 23.2. The first-order chi connectivity index (χ1) is 11.1. The lowest BCUT2D eigenvalue weighted by Crippen LogP contribution is -2.27. The highest BCUT2D eigenvalue weighted by molar-refractivity contribution is 5.85. The molecule has 4 rings (SSSR count). The minimum absolute atomic E-state index is 0.0139. The molecule has 2 aliphatic rings. The molecule has 0 saturated heterocycles. The van der Waals surface area contributed by atoms with Gasteiger partial charge in [-0.3, -0.25) is 4.79 Å². The molecule has 1 aromatic heterocycles. The van der Waals surface area contributed by atoms with Gasteiger partial charge in [0.05, 0.1) is 6.54 Å². The van der Waals surface area contributed by atoms with Crippen molar-refractivity contribution >= 4 is 11.9 Å². The van der Waals surface area contributed by atoms with Gasteiger partial charge in [-0.1, -0.05) is 24.3 Å². The van der Waals surface area contributed by atoms with Gasteiger partial charge in [-0.05, 0) is 42.5 Å². The molecule has 118 valence electrons. The zero-order valence-electron chi connectivity index (χ0n) is 12.5. The lowest BCUT2D eigenvalue weighted by atomic mass is 9.95. The smallest absolute Gasteiger partial charge is 0.371 e. The number of fused-ring (bicyclic) bond motifs is 2. The standard InChI is InChI=1S/C18H17NO4/c20-16(19-10-12-5-6-15(23-12)17(21)22)14-9-18(14)8-7-11-3-1-2-4-13(11)18/h1-6,14H,7-10H2,(H,19,20)(H,21,22). The molecule has 2 aliphatic carbocycles. The van der Waals surface area contributed by atoms with Gasteiger partial charge in [0.25, 0.3) is 0 Å². The van der Waals surface area contributed by atoms with Crippen LogP contribution in [0.2, 0.25) is 0 Å². The number of carbonyl (C=O) groups excluding carboxylic acids is 1. The summed E-state index contributed by atoms with van der Waals surface area (Å²) in [5, 5.41) is 11.7. The number of furan rings is 1. The second kappa shape index (κ2) is 4.98. The summed E-state index contributed by atoms with van der Waals surface area (Å²) in [6.07, 6.45) is 2.98. The van der Waals surface area contributed by atoms with Crippen molar-refractivity contribution in [3.63, 3.8) is 0 Å². The highest BCUT2D eigenvalue weighted by Crippen LogP contribution is 2.61. The number of amides is 1. The summed E-state index contributed by atoms with van der Waals surface area (Å²) in [6, 6.07) is 11.4. The van der Waals surface area contributed by atoms with E-state index in [1.165, 1.54) is 17.2 Å². The van der Waals surface area contributed by atoms with Gasteiger partial charge in [0.2, 0.25) is 11.7 Å². The maximum absolute atomic E-state index is 12.4. The molecule has 5 heteroatoms. The number of carbonyl (C=O) groups is 2. The molecule has 2 unspecified atom stereocenters. The van der Waals surface area contributed by atoms with Crippen LogP contribution in [0.1, 0.15) is 40.3 Å². The first-order valence-electron chi connectivity index (χ1n) is 7.78. The van der Waals surface area contributed by atoms with Crippen LogP contribution < -0.4 is 5.32 Å². The molecular formula is C18H17NO4. The Hall–Kier alpha value is -2.56. The number of nitrogens with one attached hydrogen (secondary N) is 1. The van der Waals surface area contributed by atoms with Gasteiger partial charge in [0, 0.05) is 11.3 Å². The zero-order chi connectivity index (χ0) is 16.0. The first-order valence-corrected chi connectivity index (χ1v) is 7.78. The van der Waals surface area contributed by atoms with Crippen molar-refractivity contribution in [1.82, 2.24) is 5.32 Å². The van der Waals surface area contributed by atoms with Crippen molar-refractivity contribution in [2.24, 2.45) is 5.92 Å². The molecule has 2 atom stereocenters. The second-order valence-electron chi connectivity index (χ2n) is 6.36. The van der Waals surface area contributed by atoms with E-state index in [4.69, 9.17) is 9.52 Å². The Bertz CT molecular complexity index is 794. The van der Waals surface area contributed by atoms with Crippen molar-refractivity contribution in [3.05, 3.63) is 59.0 Å². The number of hydrogen-bond donors (Lipinski definition) is 2. The largest absolute Gasteiger partial charge is 0.475 e. The summed E-state index contributed by atoms with van der Waals surface area (Å²) in [7, 11) is 0. The van der Waals surface area contributed by atoms with E-state index in [1.54, 1.807) is 6.07 Å². The fourth-order valence-electron chi connectivity index (χ4n) is 3.82. The molecule has 1 amide bonds. The van der Waals surface area contributed by atoms with E-state index in [9.17, 15) is 9.59 Å². The number of hydrogen-bond acceptors (Lipinski definition) is 3. The summed E-state index contributed by atoms with van der Waals surface area (Å²) in [5.41, 5.74) is 2.71. The third-order valence-corrected chi connectivity index (χ3v) is 5.10. The Balaban J connectivity index is 1.41. The van der Waals surface area contributed by atoms with Crippen LogP contribution in [0.15, 0.2) is 40.8 Å². The van der Waals surface area contributed by atoms with Crippen molar-refractivity contribution in [3.8, 4) is 0 Å². The van der Waals surface area contributed by atoms with Gasteiger partial charge in [-0.25, -0.2) is 4.79 Å². The molecule has 0 radical (unpaired) electrons. The Morgan fingerprint density at radius 2 is 2.09 bits per heavy atom. The lowest BCUT2D eigenvalue weighted by Gasteiger charge is -2.11. The summed E-state index contributed by atoms with van der Waals surface area (Å²) in [5.74, 6) is -0.722. The van der Waals surface area contributed by atoms with Crippen LogP contribution in [-0.4, -0.2) is 17.0 Å². The molecule has 5 nitrogen and oxygen atoms in total. The van der Waals surface area contributed by atoms with Crippen LogP contribution in [0.5, 0.6) is 0 Å². The minimum atomic E-state index is -1.11. The Morgan fingerprint density at radius 1 is 1.26 bits per heavy atom. The van der Waals surface area contributed by atoms with E-state index >= 15 is 0 Å². The number of carboxylic acids is 1. The predicted molar refractivity (Wildman–Crippen MR) is 82.1 cm³/mol. The van der Waals surface area contributed by atoms with E-state index in [0.29, 0.717) is 5.76 Å². The van der Waals surface area contributed by atoms with Crippen molar-refractivity contribution in [2.45, 2.75) is 31.2 Å². The van der Waals surface area contributed by atoms with E-state index in [-0.39, 0.29) is 29.5 Å². The molecule has 1 fully saturated rings. The third-order valence-electron chi connectivity index (χ3n) is 5.10. The molecule has 0 bridgehead atoms. The second-order valence-corrected chi connectivity index (χ2v) is 6.36. The van der Waals surface area contributed by atoms with Gasteiger partial charge in [0.15, 0.2) is 0 Å². The number of benzene rings is 1. The third kappa shape index (κ3) is 2.23. The van der Waals surface area contributed by atoms with Gasteiger partial charge < -0.3 is 14.8 Å². The van der Waals surface area contributed by atoms with Crippen LogP contribution in [0.25, 0.3) is 0 Å². The topological polar surface area (TPSA) is 79.5 Å². The normalized spacial score (nSPS) is 24.4. The average molecular weight is 311 g/mol. The van der Waals surface area contributed by atoms with Gasteiger partial charge in [-0.2, -0.15) is 0 Å². The summed E-state index contributed by atoms with van der Waals surface area (Å²) >= 11 is 0. The molecule has 0 aliphatic heterocycles. The molecule has 23 heavy (non-hydrogen) atoms. The maximum Gasteiger partial charge on any atom is 0.371 e. The molecule has 1 spiro atoms. The van der Waals surface area contributed by atoms with Crippen LogP contribution in [0.3, 0.4) is 0 Å². The molecule has 1 aromatic carbocycles. The minimum Gasteiger partial charge on any atom is -0.475 e. The van der Waals surface area contributed by atoms with E-state index in [2.05, 4.69) is 17.4 Å². The van der Waals surface area contributed by atoms with Crippen molar-refractivity contribution in [2.75, 3.05) is 0 Å². The Labute approximate surface area is 133 Å².